The summed E-state index contributed by atoms with van der Waals surface area (Å²) < 4.78 is 33.6. The molecule has 6 nitrogen and oxygen atoms in total. The van der Waals surface area contributed by atoms with Crippen LogP contribution in [0.3, 0.4) is 0 Å². The van der Waals surface area contributed by atoms with E-state index < -0.39 is 10.0 Å². The Balaban J connectivity index is 1.38. The Labute approximate surface area is 171 Å². The number of rotatable bonds is 5. The summed E-state index contributed by atoms with van der Waals surface area (Å²) in [7, 11) is -3.72. The van der Waals surface area contributed by atoms with Gasteiger partial charge in [-0.25, -0.2) is 13.1 Å². The van der Waals surface area contributed by atoms with E-state index in [0.29, 0.717) is 19.7 Å². The highest BCUT2D eigenvalue weighted by atomic mass is 32.2. The summed E-state index contributed by atoms with van der Waals surface area (Å²) in [6, 6.07) is 15.0. The minimum absolute atomic E-state index is 0.189. The van der Waals surface area contributed by atoms with E-state index in [1.807, 2.05) is 36.4 Å². The Morgan fingerprint density at radius 1 is 1.07 bits per heavy atom. The molecule has 0 aromatic heterocycles. The van der Waals surface area contributed by atoms with E-state index in [4.69, 9.17) is 4.74 Å². The lowest BCUT2D eigenvalue weighted by Crippen LogP contribution is -2.46. The number of benzene rings is 2. The van der Waals surface area contributed by atoms with Crippen LogP contribution < -0.4 is 4.72 Å². The van der Waals surface area contributed by atoms with Crippen molar-refractivity contribution in [2.75, 3.05) is 26.2 Å². The molecule has 0 saturated carbocycles. The Morgan fingerprint density at radius 2 is 1.83 bits per heavy atom. The number of amides is 1. The first-order chi connectivity index (χ1) is 14.0. The second kappa shape index (κ2) is 8.65. The predicted octanol–water partition coefficient (Wildman–Crippen LogP) is 2.44. The van der Waals surface area contributed by atoms with E-state index in [9.17, 15) is 13.2 Å². The molecule has 2 aromatic carbocycles. The van der Waals surface area contributed by atoms with Gasteiger partial charge < -0.3 is 9.64 Å². The van der Waals surface area contributed by atoms with Crippen molar-refractivity contribution in [3.8, 4) is 0 Å². The summed E-state index contributed by atoms with van der Waals surface area (Å²) in [5, 5.41) is 0. The standard InChI is InChI=1S/C22H26N2O4S/c25-22(24-12-13-28-21(16-24)18-7-2-1-3-8-18)15-23-29(26,27)20-11-10-17-6-4-5-9-19(17)14-20/h1-3,7-8,10-11,14,21,23H,4-6,9,12-13,15-16H2/t21-/m0/s1. The predicted molar refractivity (Wildman–Crippen MR) is 110 cm³/mol. The zero-order valence-electron chi connectivity index (χ0n) is 16.3. The van der Waals surface area contributed by atoms with Crippen molar-refractivity contribution in [2.45, 2.75) is 36.7 Å². The fourth-order valence-electron chi connectivity index (χ4n) is 3.97. The summed E-state index contributed by atoms with van der Waals surface area (Å²) in [4.78, 5) is 14.5. The van der Waals surface area contributed by atoms with Crippen LogP contribution in [0.4, 0.5) is 0 Å². The van der Waals surface area contributed by atoms with Crippen LogP contribution in [0, 0.1) is 0 Å². The second-order valence-electron chi connectivity index (χ2n) is 7.57. The first-order valence-corrected chi connectivity index (χ1v) is 11.6. The zero-order chi connectivity index (χ0) is 20.3. The molecule has 2 aromatic rings. The first kappa shape index (κ1) is 20.1. The molecule has 1 aliphatic heterocycles. The van der Waals surface area contributed by atoms with Crippen LogP contribution in [0.5, 0.6) is 0 Å². The maximum atomic E-state index is 12.7. The molecule has 7 heteroatoms. The molecule has 1 atom stereocenters. The van der Waals surface area contributed by atoms with Crippen LogP contribution in [0.25, 0.3) is 0 Å². The van der Waals surface area contributed by atoms with Gasteiger partial charge in [-0.2, -0.15) is 0 Å². The molecule has 1 heterocycles. The minimum atomic E-state index is -3.72. The molecule has 2 aliphatic rings. The number of aryl methyl sites for hydroxylation is 2. The monoisotopic (exact) mass is 414 g/mol. The molecule has 1 N–H and O–H groups in total. The topological polar surface area (TPSA) is 75.7 Å². The molecule has 0 unspecified atom stereocenters. The quantitative estimate of drug-likeness (QED) is 0.815. The third-order valence-corrected chi connectivity index (χ3v) is 7.03. The van der Waals surface area contributed by atoms with E-state index in [0.717, 1.165) is 36.8 Å². The van der Waals surface area contributed by atoms with E-state index in [1.54, 1.807) is 17.0 Å². The van der Waals surface area contributed by atoms with E-state index in [-0.39, 0.29) is 23.5 Å². The summed E-state index contributed by atoms with van der Waals surface area (Å²) in [6.07, 6.45) is 3.95. The molecule has 0 radical (unpaired) electrons. The molecule has 29 heavy (non-hydrogen) atoms. The SMILES string of the molecule is O=C(CNS(=O)(=O)c1ccc2c(c1)CCCC2)N1CCO[C@H](c2ccccc2)C1. The van der Waals surface area contributed by atoms with Crippen molar-refractivity contribution in [1.29, 1.82) is 0 Å². The Morgan fingerprint density at radius 3 is 2.62 bits per heavy atom. The fourth-order valence-corrected chi connectivity index (χ4v) is 5.00. The first-order valence-electron chi connectivity index (χ1n) is 10.1. The van der Waals surface area contributed by atoms with Crippen LogP contribution >= 0.6 is 0 Å². The number of hydrogen-bond acceptors (Lipinski definition) is 4. The number of nitrogens with one attached hydrogen (secondary N) is 1. The number of carbonyl (C=O) groups is 1. The average molecular weight is 415 g/mol. The molecular weight excluding hydrogens is 388 g/mol. The van der Waals surface area contributed by atoms with Gasteiger partial charge in [-0.15, -0.1) is 0 Å². The normalized spacial score (nSPS) is 19.6. The van der Waals surface area contributed by atoms with Gasteiger partial charge in [-0.1, -0.05) is 36.4 Å². The number of carbonyl (C=O) groups excluding carboxylic acids is 1. The van der Waals surface area contributed by atoms with Crippen LogP contribution in [0.1, 0.15) is 35.6 Å². The van der Waals surface area contributed by atoms with Gasteiger partial charge in [0, 0.05) is 6.54 Å². The second-order valence-corrected chi connectivity index (χ2v) is 9.34. The number of nitrogens with zero attached hydrogens (tertiary/aromatic N) is 1. The van der Waals surface area contributed by atoms with Crippen LogP contribution in [-0.4, -0.2) is 45.5 Å². The highest BCUT2D eigenvalue weighted by Crippen LogP contribution is 2.24. The molecule has 4 rings (SSSR count). The lowest BCUT2D eigenvalue weighted by atomic mass is 9.92. The van der Waals surface area contributed by atoms with Crippen molar-refractivity contribution in [2.24, 2.45) is 0 Å². The summed E-state index contributed by atoms with van der Waals surface area (Å²) >= 11 is 0. The molecular formula is C22H26N2O4S. The van der Waals surface area contributed by atoms with Crippen LogP contribution in [-0.2, 0) is 32.4 Å². The molecule has 0 spiro atoms. The molecule has 1 amide bonds. The summed E-state index contributed by atoms with van der Waals surface area (Å²) in [5.41, 5.74) is 3.34. The van der Waals surface area contributed by atoms with Crippen molar-refractivity contribution < 1.29 is 17.9 Å². The maximum Gasteiger partial charge on any atom is 0.241 e. The molecule has 0 bridgehead atoms. The number of hydrogen-bond donors (Lipinski definition) is 1. The van der Waals surface area contributed by atoms with Crippen molar-refractivity contribution >= 4 is 15.9 Å². The van der Waals surface area contributed by atoms with E-state index in [2.05, 4.69) is 4.72 Å². The van der Waals surface area contributed by atoms with Gasteiger partial charge in [0.25, 0.3) is 0 Å². The van der Waals surface area contributed by atoms with Crippen molar-refractivity contribution in [1.82, 2.24) is 9.62 Å². The number of ether oxygens (including phenoxy) is 1. The summed E-state index contributed by atoms with van der Waals surface area (Å²) in [6.45, 7) is 1.07. The number of morpholine rings is 1. The van der Waals surface area contributed by atoms with Gasteiger partial charge >= 0.3 is 0 Å². The van der Waals surface area contributed by atoms with Gasteiger partial charge in [0.05, 0.1) is 24.6 Å². The Bertz CT molecular complexity index is 976. The van der Waals surface area contributed by atoms with Crippen molar-refractivity contribution in [3.63, 3.8) is 0 Å². The highest BCUT2D eigenvalue weighted by Gasteiger charge is 2.26. The van der Waals surface area contributed by atoms with Gasteiger partial charge in [-0.3, -0.25) is 4.79 Å². The highest BCUT2D eigenvalue weighted by molar-refractivity contribution is 7.89. The summed E-state index contributed by atoms with van der Waals surface area (Å²) in [5.74, 6) is -0.240. The van der Waals surface area contributed by atoms with Gasteiger partial charge in [-0.05, 0) is 54.5 Å². The van der Waals surface area contributed by atoms with Gasteiger partial charge in [0.1, 0.15) is 6.10 Å². The maximum absolute atomic E-state index is 12.7. The third-order valence-electron chi connectivity index (χ3n) is 5.63. The molecule has 1 saturated heterocycles. The molecule has 1 fully saturated rings. The third kappa shape index (κ3) is 4.69. The van der Waals surface area contributed by atoms with Crippen LogP contribution in [0.15, 0.2) is 53.4 Å². The lowest BCUT2D eigenvalue weighted by Gasteiger charge is -2.33. The van der Waals surface area contributed by atoms with E-state index >= 15 is 0 Å². The van der Waals surface area contributed by atoms with E-state index in [1.165, 1.54) is 5.56 Å². The lowest BCUT2D eigenvalue weighted by molar-refractivity contribution is -0.137. The molecule has 154 valence electrons. The zero-order valence-corrected chi connectivity index (χ0v) is 17.2. The molecule has 1 aliphatic carbocycles. The van der Waals surface area contributed by atoms with Gasteiger partial charge in [0.15, 0.2) is 0 Å². The van der Waals surface area contributed by atoms with Crippen LogP contribution in [0.2, 0.25) is 0 Å². The minimum Gasteiger partial charge on any atom is -0.370 e. The smallest absolute Gasteiger partial charge is 0.241 e. The average Bonchev–Trinajstić information content (AvgIpc) is 2.78. The Kier molecular flexibility index (Phi) is 5.99. The number of fused-ring (bicyclic) bond motifs is 1. The van der Waals surface area contributed by atoms with Crippen molar-refractivity contribution in [3.05, 3.63) is 65.2 Å². The van der Waals surface area contributed by atoms with Gasteiger partial charge in [0.2, 0.25) is 15.9 Å². The Hall–Kier alpha value is -2.22. The number of sulfonamides is 1. The fraction of sp³-hybridized carbons (Fsp3) is 0.409. The largest absolute Gasteiger partial charge is 0.370 e.